The first-order valence-electron chi connectivity index (χ1n) is 9.32. The first-order chi connectivity index (χ1) is 13.0. The second-order valence-corrected chi connectivity index (χ2v) is 9.21. The average molecular weight is 381 g/mol. The Kier molecular flexibility index (Phi) is 4.66. The molecule has 5 heteroatoms. The number of rotatable bonds is 5. The van der Waals surface area contributed by atoms with Crippen molar-refractivity contribution in [1.82, 2.24) is 10.3 Å². The summed E-state index contributed by atoms with van der Waals surface area (Å²) in [5.41, 5.74) is 2.87. The lowest BCUT2D eigenvalue weighted by Gasteiger charge is -2.19. The van der Waals surface area contributed by atoms with Gasteiger partial charge in [0.1, 0.15) is 0 Å². The third kappa shape index (κ3) is 3.22. The van der Waals surface area contributed by atoms with Crippen LogP contribution in [0.4, 0.5) is 0 Å². The van der Waals surface area contributed by atoms with Crippen molar-refractivity contribution in [2.24, 2.45) is 0 Å². The number of sulfone groups is 1. The Hall–Kier alpha value is -2.37. The Morgan fingerprint density at radius 2 is 1.96 bits per heavy atom. The van der Waals surface area contributed by atoms with E-state index >= 15 is 0 Å². The normalized spacial score (nSPS) is 18.6. The van der Waals surface area contributed by atoms with Gasteiger partial charge >= 0.3 is 0 Å². The van der Waals surface area contributed by atoms with Gasteiger partial charge in [0.05, 0.1) is 9.80 Å². The van der Waals surface area contributed by atoms with Crippen molar-refractivity contribution in [3.05, 3.63) is 72.4 Å². The minimum Gasteiger partial charge on any atom is -0.361 e. The summed E-state index contributed by atoms with van der Waals surface area (Å²) >= 11 is 0. The fourth-order valence-electron chi connectivity index (χ4n) is 3.94. The number of aromatic nitrogens is 1. The zero-order chi connectivity index (χ0) is 19.0. The molecule has 1 aliphatic heterocycles. The van der Waals surface area contributed by atoms with E-state index in [1.54, 1.807) is 30.3 Å². The molecule has 1 fully saturated rings. The highest BCUT2D eigenvalue weighted by Crippen LogP contribution is 2.34. The summed E-state index contributed by atoms with van der Waals surface area (Å²) in [6, 6.07) is 14.6. The van der Waals surface area contributed by atoms with Gasteiger partial charge < -0.3 is 10.3 Å². The molecule has 4 nitrogen and oxygen atoms in total. The average Bonchev–Trinajstić information content (AvgIpc) is 3.37. The van der Waals surface area contributed by atoms with E-state index in [1.807, 2.05) is 24.4 Å². The van der Waals surface area contributed by atoms with Crippen molar-refractivity contribution in [3.8, 4) is 0 Å². The predicted molar refractivity (Wildman–Crippen MR) is 110 cm³/mol. The molecular formula is C22H24N2O2S. The third-order valence-electron chi connectivity index (χ3n) is 5.61. The van der Waals surface area contributed by atoms with Crippen LogP contribution in [0.5, 0.6) is 0 Å². The molecule has 0 amide bonds. The minimum absolute atomic E-state index is 0.134. The van der Waals surface area contributed by atoms with Crippen molar-refractivity contribution >= 4 is 25.6 Å². The van der Waals surface area contributed by atoms with Crippen LogP contribution in [0.1, 0.15) is 36.8 Å². The molecule has 1 aliphatic rings. The SMILES string of the molecule is C=C(c1ccc2[nH]cc(C(C)C3CCCN3)c2c1)S(=O)(=O)c1ccccc1. The number of hydrogen-bond donors (Lipinski definition) is 2. The van der Waals surface area contributed by atoms with Crippen molar-refractivity contribution in [1.29, 1.82) is 0 Å². The molecule has 1 saturated heterocycles. The van der Waals surface area contributed by atoms with Crippen molar-refractivity contribution in [2.75, 3.05) is 6.54 Å². The lowest BCUT2D eigenvalue weighted by Crippen LogP contribution is -2.27. The van der Waals surface area contributed by atoms with Crippen LogP contribution in [0.3, 0.4) is 0 Å². The van der Waals surface area contributed by atoms with Crippen molar-refractivity contribution < 1.29 is 8.42 Å². The topological polar surface area (TPSA) is 62.0 Å². The number of fused-ring (bicyclic) bond motifs is 1. The second kappa shape index (κ2) is 6.98. The largest absolute Gasteiger partial charge is 0.361 e. The second-order valence-electron chi connectivity index (χ2n) is 7.24. The van der Waals surface area contributed by atoms with E-state index in [4.69, 9.17) is 0 Å². The summed E-state index contributed by atoms with van der Waals surface area (Å²) in [6.07, 6.45) is 4.42. The lowest BCUT2D eigenvalue weighted by atomic mass is 9.91. The van der Waals surface area contributed by atoms with Crippen LogP contribution in [0.2, 0.25) is 0 Å². The maximum Gasteiger partial charge on any atom is 0.206 e. The van der Waals surface area contributed by atoms with Gasteiger partial charge in [0.15, 0.2) is 0 Å². The standard InChI is InChI=1S/C22H24N2O2S/c1-15(21-9-6-12-23-21)20-14-24-22-11-10-17(13-19(20)22)16(2)27(25,26)18-7-4-3-5-8-18/h3-5,7-8,10-11,13-15,21,23-24H,2,6,9,12H2,1H3. The highest BCUT2D eigenvalue weighted by atomic mass is 32.2. The number of hydrogen-bond acceptors (Lipinski definition) is 3. The third-order valence-corrected chi connectivity index (χ3v) is 7.38. The summed E-state index contributed by atoms with van der Waals surface area (Å²) < 4.78 is 25.8. The van der Waals surface area contributed by atoms with E-state index in [0.29, 0.717) is 17.5 Å². The van der Waals surface area contributed by atoms with E-state index in [0.717, 1.165) is 17.4 Å². The summed E-state index contributed by atoms with van der Waals surface area (Å²) in [5.74, 6) is 0.357. The molecule has 2 heterocycles. The molecule has 4 rings (SSSR count). The Labute approximate surface area is 160 Å². The minimum atomic E-state index is -3.61. The maximum absolute atomic E-state index is 12.9. The van der Waals surface area contributed by atoms with Gasteiger partial charge in [-0.1, -0.05) is 37.8 Å². The molecule has 0 radical (unpaired) electrons. The zero-order valence-electron chi connectivity index (χ0n) is 15.4. The van der Waals surface area contributed by atoms with Crippen LogP contribution in [0, 0.1) is 0 Å². The van der Waals surface area contributed by atoms with Gasteiger partial charge in [-0.2, -0.15) is 0 Å². The van der Waals surface area contributed by atoms with Crippen LogP contribution in [0.25, 0.3) is 15.8 Å². The Morgan fingerprint density at radius 1 is 1.19 bits per heavy atom. The molecule has 27 heavy (non-hydrogen) atoms. The highest BCUT2D eigenvalue weighted by molar-refractivity contribution is 8.00. The Balaban J connectivity index is 1.73. The molecule has 2 aromatic carbocycles. The van der Waals surface area contributed by atoms with Crippen LogP contribution in [0.15, 0.2) is 66.2 Å². The Bertz CT molecular complexity index is 1080. The van der Waals surface area contributed by atoms with Crippen LogP contribution < -0.4 is 5.32 Å². The predicted octanol–water partition coefficient (Wildman–Crippen LogP) is 4.47. The summed E-state index contributed by atoms with van der Waals surface area (Å²) in [5, 5.41) is 4.63. The van der Waals surface area contributed by atoms with Gasteiger partial charge in [0, 0.05) is 23.1 Å². The van der Waals surface area contributed by atoms with Gasteiger partial charge in [-0.3, -0.25) is 0 Å². The van der Waals surface area contributed by atoms with Gasteiger partial charge in [-0.15, -0.1) is 0 Å². The van der Waals surface area contributed by atoms with E-state index in [2.05, 4.69) is 23.8 Å². The molecule has 0 saturated carbocycles. The number of aromatic amines is 1. The lowest BCUT2D eigenvalue weighted by molar-refractivity contribution is 0.520. The first kappa shape index (κ1) is 18.0. The molecule has 2 atom stereocenters. The molecule has 140 valence electrons. The van der Waals surface area contributed by atoms with Gasteiger partial charge in [0.25, 0.3) is 0 Å². The number of benzene rings is 2. The number of H-pyrrole nitrogens is 1. The summed E-state index contributed by atoms with van der Waals surface area (Å²) in [6.45, 7) is 7.20. The van der Waals surface area contributed by atoms with Crippen LogP contribution in [-0.2, 0) is 9.84 Å². The van der Waals surface area contributed by atoms with Crippen LogP contribution >= 0.6 is 0 Å². The molecule has 2 N–H and O–H groups in total. The fourth-order valence-corrected chi connectivity index (χ4v) is 5.18. The molecule has 2 unspecified atom stereocenters. The highest BCUT2D eigenvalue weighted by Gasteiger charge is 2.25. The Morgan fingerprint density at radius 3 is 2.67 bits per heavy atom. The molecule has 3 aromatic rings. The smallest absolute Gasteiger partial charge is 0.206 e. The van der Waals surface area contributed by atoms with E-state index in [1.165, 1.54) is 18.4 Å². The molecular weight excluding hydrogens is 356 g/mol. The van der Waals surface area contributed by atoms with Crippen molar-refractivity contribution in [2.45, 2.75) is 36.6 Å². The molecule has 0 bridgehead atoms. The monoisotopic (exact) mass is 380 g/mol. The van der Waals surface area contributed by atoms with Gasteiger partial charge in [-0.25, -0.2) is 8.42 Å². The van der Waals surface area contributed by atoms with Crippen LogP contribution in [-0.4, -0.2) is 26.0 Å². The van der Waals surface area contributed by atoms with E-state index in [-0.39, 0.29) is 9.80 Å². The molecule has 0 aliphatic carbocycles. The van der Waals surface area contributed by atoms with Crippen molar-refractivity contribution in [3.63, 3.8) is 0 Å². The molecule has 1 aromatic heterocycles. The van der Waals surface area contributed by atoms with Gasteiger partial charge in [-0.05, 0) is 60.7 Å². The summed E-state index contributed by atoms with van der Waals surface area (Å²) in [4.78, 5) is 3.73. The zero-order valence-corrected chi connectivity index (χ0v) is 16.2. The van der Waals surface area contributed by atoms with Gasteiger partial charge in [0.2, 0.25) is 9.84 Å². The fraction of sp³-hybridized carbons (Fsp3) is 0.273. The summed E-state index contributed by atoms with van der Waals surface area (Å²) in [7, 11) is -3.61. The molecule has 0 spiro atoms. The first-order valence-corrected chi connectivity index (χ1v) is 10.8. The number of nitrogens with one attached hydrogen (secondary N) is 2. The maximum atomic E-state index is 12.9. The van der Waals surface area contributed by atoms with E-state index in [9.17, 15) is 8.42 Å². The van der Waals surface area contributed by atoms with E-state index < -0.39 is 9.84 Å². The quantitative estimate of drug-likeness (QED) is 0.687.